The average molecular weight is 317 g/mol. The number of hydrogen-bond acceptors (Lipinski definition) is 4. The Morgan fingerprint density at radius 3 is 2.77 bits per heavy atom. The van der Waals surface area contributed by atoms with Crippen molar-refractivity contribution in [2.75, 3.05) is 12.3 Å². The van der Waals surface area contributed by atoms with Crippen LogP contribution in [0.3, 0.4) is 0 Å². The first-order valence-electron chi connectivity index (χ1n) is 7.22. The van der Waals surface area contributed by atoms with Gasteiger partial charge in [0.25, 0.3) is 0 Å². The zero-order valence-electron chi connectivity index (χ0n) is 12.3. The summed E-state index contributed by atoms with van der Waals surface area (Å²) >= 11 is 5.95. The van der Waals surface area contributed by atoms with Gasteiger partial charge >= 0.3 is 0 Å². The lowest BCUT2D eigenvalue weighted by Crippen LogP contribution is -2.29. The van der Waals surface area contributed by atoms with Crippen LogP contribution in [-0.2, 0) is 4.79 Å². The van der Waals surface area contributed by atoms with Gasteiger partial charge in [-0.25, -0.2) is 9.97 Å². The molecule has 0 unspecified atom stereocenters. The number of halogens is 1. The second kappa shape index (κ2) is 5.93. The molecule has 0 radical (unpaired) electrons. The van der Waals surface area contributed by atoms with E-state index >= 15 is 0 Å². The molecule has 0 spiro atoms. The molecule has 1 aliphatic heterocycles. The molecule has 6 heteroatoms. The first-order chi connectivity index (χ1) is 10.6. The molecule has 114 valence electrons. The highest BCUT2D eigenvalue weighted by Crippen LogP contribution is 2.36. The van der Waals surface area contributed by atoms with E-state index in [1.165, 1.54) is 0 Å². The standard InChI is InChI=1S/C16H17ClN4O/c1-10(22)21-8-2-3-14(21)15-13(9-19-16(18)20-15)11-4-6-12(17)7-5-11/h4-7,9,14H,2-3,8H2,1H3,(H2,18,19,20)/t14-/m0/s1. The third kappa shape index (κ3) is 2.76. The van der Waals surface area contributed by atoms with Crippen LogP contribution in [0.4, 0.5) is 5.95 Å². The Kier molecular flexibility index (Phi) is 3.98. The zero-order valence-corrected chi connectivity index (χ0v) is 13.0. The van der Waals surface area contributed by atoms with Crippen LogP contribution in [0.25, 0.3) is 11.1 Å². The van der Waals surface area contributed by atoms with Crippen molar-refractivity contribution in [1.29, 1.82) is 0 Å². The highest BCUT2D eigenvalue weighted by molar-refractivity contribution is 6.30. The van der Waals surface area contributed by atoms with Crippen molar-refractivity contribution >= 4 is 23.5 Å². The molecule has 2 aromatic rings. The molecule has 22 heavy (non-hydrogen) atoms. The number of aromatic nitrogens is 2. The van der Waals surface area contributed by atoms with Gasteiger partial charge in [-0.3, -0.25) is 4.79 Å². The lowest BCUT2D eigenvalue weighted by atomic mass is 10.00. The van der Waals surface area contributed by atoms with Gasteiger partial charge in [0.2, 0.25) is 11.9 Å². The Morgan fingerprint density at radius 1 is 1.36 bits per heavy atom. The van der Waals surface area contributed by atoms with Gasteiger partial charge in [-0.2, -0.15) is 0 Å². The topological polar surface area (TPSA) is 72.1 Å². The second-order valence-electron chi connectivity index (χ2n) is 5.40. The molecular formula is C16H17ClN4O. The zero-order chi connectivity index (χ0) is 15.7. The Labute approximate surface area is 134 Å². The second-order valence-corrected chi connectivity index (χ2v) is 5.84. The molecule has 1 aromatic heterocycles. The Hall–Kier alpha value is -2.14. The van der Waals surface area contributed by atoms with E-state index in [2.05, 4.69) is 9.97 Å². The lowest BCUT2D eigenvalue weighted by molar-refractivity contribution is -0.129. The molecule has 3 rings (SSSR count). The molecule has 1 fully saturated rings. The maximum Gasteiger partial charge on any atom is 0.220 e. The summed E-state index contributed by atoms with van der Waals surface area (Å²) in [7, 11) is 0. The summed E-state index contributed by atoms with van der Waals surface area (Å²) in [5, 5.41) is 0.674. The number of carbonyl (C=O) groups is 1. The summed E-state index contributed by atoms with van der Waals surface area (Å²) in [6.45, 7) is 2.34. The fourth-order valence-corrected chi connectivity index (χ4v) is 3.07. The van der Waals surface area contributed by atoms with Crippen molar-refractivity contribution in [3.63, 3.8) is 0 Å². The Balaban J connectivity index is 2.08. The van der Waals surface area contributed by atoms with Gasteiger partial charge in [-0.05, 0) is 30.5 Å². The number of nitrogens with two attached hydrogens (primary N) is 1. The van der Waals surface area contributed by atoms with E-state index in [1.807, 2.05) is 29.2 Å². The van der Waals surface area contributed by atoms with E-state index in [-0.39, 0.29) is 17.9 Å². The van der Waals surface area contributed by atoms with Gasteiger partial charge in [0.1, 0.15) is 0 Å². The number of nitrogen functional groups attached to an aromatic ring is 1. The highest BCUT2D eigenvalue weighted by atomic mass is 35.5. The van der Waals surface area contributed by atoms with E-state index in [0.29, 0.717) is 5.02 Å². The Morgan fingerprint density at radius 2 is 2.09 bits per heavy atom. The minimum Gasteiger partial charge on any atom is -0.368 e. The molecule has 1 aliphatic rings. The quantitative estimate of drug-likeness (QED) is 0.924. The molecule has 1 amide bonds. The molecule has 5 nitrogen and oxygen atoms in total. The molecule has 1 saturated heterocycles. The summed E-state index contributed by atoms with van der Waals surface area (Å²) < 4.78 is 0. The van der Waals surface area contributed by atoms with Gasteiger partial charge in [0.05, 0.1) is 11.7 Å². The number of hydrogen-bond donors (Lipinski definition) is 1. The van der Waals surface area contributed by atoms with Crippen LogP contribution in [-0.4, -0.2) is 27.3 Å². The van der Waals surface area contributed by atoms with E-state index < -0.39 is 0 Å². The van der Waals surface area contributed by atoms with Crippen LogP contribution >= 0.6 is 11.6 Å². The van der Waals surface area contributed by atoms with Crippen molar-refractivity contribution in [1.82, 2.24) is 14.9 Å². The number of anilines is 1. The SMILES string of the molecule is CC(=O)N1CCC[C@H]1c1nc(N)ncc1-c1ccc(Cl)cc1. The molecule has 0 saturated carbocycles. The molecule has 1 aromatic carbocycles. The maximum atomic E-state index is 11.8. The van der Waals surface area contributed by atoms with Crippen molar-refractivity contribution in [2.45, 2.75) is 25.8 Å². The summed E-state index contributed by atoms with van der Waals surface area (Å²) in [6.07, 6.45) is 3.57. The van der Waals surface area contributed by atoms with Gasteiger partial charge < -0.3 is 10.6 Å². The van der Waals surface area contributed by atoms with Gasteiger partial charge in [0, 0.05) is 30.3 Å². The maximum absolute atomic E-state index is 11.8. The average Bonchev–Trinajstić information content (AvgIpc) is 2.98. The normalized spacial score (nSPS) is 17.7. The van der Waals surface area contributed by atoms with Crippen LogP contribution in [0, 0.1) is 0 Å². The summed E-state index contributed by atoms with van der Waals surface area (Å²) in [5.74, 6) is 0.282. The molecule has 0 bridgehead atoms. The summed E-state index contributed by atoms with van der Waals surface area (Å²) in [6, 6.07) is 7.46. The number of carbonyl (C=O) groups excluding carboxylic acids is 1. The fraction of sp³-hybridized carbons (Fsp3) is 0.312. The third-order valence-corrected chi connectivity index (χ3v) is 4.22. The van der Waals surface area contributed by atoms with Gasteiger partial charge in [0.15, 0.2) is 0 Å². The summed E-state index contributed by atoms with van der Waals surface area (Å²) in [4.78, 5) is 22.2. The monoisotopic (exact) mass is 316 g/mol. The minimum absolute atomic E-state index is 0.0477. The van der Waals surface area contributed by atoms with Gasteiger partial charge in [-0.15, -0.1) is 0 Å². The lowest BCUT2D eigenvalue weighted by Gasteiger charge is -2.24. The fourth-order valence-electron chi connectivity index (χ4n) is 2.94. The number of nitrogens with zero attached hydrogens (tertiary/aromatic N) is 3. The van der Waals surface area contributed by atoms with Gasteiger partial charge in [-0.1, -0.05) is 23.7 Å². The summed E-state index contributed by atoms with van der Waals surface area (Å²) in [5.41, 5.74) is 8.44. The molecule has 2 N–H and O–H groups in total. The van der Waals surface area contributed by atoms with Crippen molar-refractivity contribution in [3.8, 4) is 11.1 Å². The van der Waals surface area contributed by atoms with Crippen LogP contribution in [0.5, 0.6) is 0 Å². The number of benzene rings is 1. The van der Waals surface area contributed by atoms with E-state index in [0.717, 1.165) is 36.2 Å². The molecule has 0 aliphatic carbocycles. The smallest absolute Gasteiger partial charge is 0.220 e. The van der Waals surface area contributed by atoms with Crippen LogP contribution in [0.2, 0.25) is 5.02 Å². The Bertz CT molecular complexity index is 702. The molecule has 2 heterocycles. The van der Waals surface area contributed by atoms with E-state index in [9.17, 15) is 4.79 Å². The molecule has 1 atom stereocenters. The number of likely N-dealkylation sites (tertiary alicyclic amines) is 1. The predicted octanol–water partition coefficient (Wildman–Crippen LogP) is 3.06. The predicted molar refractivity (Wildman–Crippen MR) is 86.3 cm³/mol. The van der Waals surface area contributed by atoms with Crippen LogP contribution in [0.15, 0.2) is 30.5 Å². The van der Waals surface area contributed by atoms with Crippen LogP contribution in [0.1, 0.15) is 31.5 Å². The van der Waals surface area contributed by atoms with E-state index in [4.69, 9.17) is 17.3 Å². The highest BCUT2D eigenvalue weighted by Gasteiger charge is 2.31. The third-order valence-electron chi connectivity index (χ3n) is 3.97. The first kappa shape index (κ1) is 14.8. The van der Waals surface area contributed by atoms with Crippen molar-refractivity contribution in [2.24, 2.45) is 0 Å². The largest absolute Gasteiger partial charge is 0.368 e. The first-order valence-corrected chi connectivity index (χ1v) is 7.59. The number of rotatable bonds is 2. The number of amides is 1. The molecular weight excluding hydrogens is 300 g/mol. The van der Waals surface area contributed by atoms with Crippen LogP contribution < -0.4 is 5.73 Å². The van der Waals surface area contributed by atoms with Crippen molar-refractivity contribution in [3.05, 3.63) is 41.2 Å². The van der Waals surface area contributed by atoms with E-state index in [1.54, 1.807) is 13.1 Å². The van der Waals surface area contributed by atoms with Crippen molar-refractivity contribution < 1.29 is 4.79 Å². The minimum atomic E-state index is -0.0477.